The molecular formula is C22H29N3O4S. The number of hydrogen-bond acceptors (Lipinski definition) is 6. The third-order valence-electron chi connectivity index (χ3n) is 5.35. The molecule has 3 atom stereocenters. The normalized spacial score (nSPS) is 20.3. The second kappa shape index (κ2) is 8.83. The molecule has 1 aliphatic heterocycles. The van der Waals surface area contributed by atoms with Gasteiger partial charge in [-0.3, -0.25) is 9.59 Å². The van der Waals surface area contributed by atoms with Gasteiger partial charge >= 0.3 is 0 Å². The second-order valence-corrected chi connectivity index (χ2v) is 9.70. The van der Waals surface area contributed by atoms with Gasteiger partial charge in [0.2, 0.25) is 5.91 Å². The lowest BCUT2D eigenvalue weighted by atomic mass is 9.88. The van der Waals surface area contributed by atoms with Gasteiger partial charge in [0.1, 0.15) is 12.1 Å². The number of amides is 2. The average molecular weight is 432 g/mol. The molecule has 0 unspecified atom stereocenters. The number of likely N-dealkylation sites (tertiary alicyclic amines) is 1. The molecule has 1 aliphatic rings. The number of hydrogen-bond donors (Lipinski definition) is 3. The third-order valence-corrected chi connectivity index (χ3v) is 6.32. The predicted octanol–water partition coefficient (Wildman–Crippen LogP) is 2.10. The van der Waals surface area contributed by atoms with Crippen LogP contribution in [0.25, 0.3) is 10.4 Å². The van der Waals surface area contributed by atoms with Gasteiger partial charge in [-0.1, -0.05) is 45.0 Å². The Hall–Kier alpha value is -2.29. The van der Waals surface area contributed by atoms with Crippen molar-refractivity contribution in [2.75, 3.05) is 6.54 Å². The average Bonchev–Trinajstić information content (AvgIpc) is 3.30. The Balaban J connectivity index is 1.63. The van der Waals surface area contributed by atoms with E-state index in [2.05, 4.69) is 10.3 Å². The highest BCUT2D eigenvalue weighted by Crippen LogP contribution is 2.28. The van der Waals surface area contributed by atoms with Crippen LogP contribution in [0.4, 0.5) is 0 Å². The number of aliphatic hydroxyl groups excluding tert-OH is 2. The molecule has 1 saturated heterocycles. The first kappa shape index (κ1) is 22.4. The lowest BCUT2D eigenvalue weighted by molar-refractivity contribution is -0.150. The van der Waals surface area contributed by atoms with Crippen LogP contribution in [-0.4, -0.2) is 56.7 Å². The third kappa shape index (κ3) is 4.88. The summed E-state index contributed by atoms with van der Waals surface area (Å²) < 4.78 is 0. The summed E-state index contributed by atoms with van der Waals surface area (Å²) in [5.74, 6) is -0.855. The number of nitrogens with zero attached hydrogens (tertiary/aromatic N) is 2. The van der Waals surface area contributed by atoms with E-state index < -0.39 is 29.6 Å². The van der Waals surface area contributed by atoms with Gasteiger partial charge < -0.3 is 20.4 Å². The molecule has 3 N–H and O–H groups in total. The molecule has 7 nitrogen and oxygen atoms in total. The molecule has 2 heterocycles. The number of aliphatic hydroxyl groups is 2. The second-order valence-electron chi connectivity index (χ2n) is 8.85. The molecule has 1 aromatic heterocycles. The fourth-order valence-electron chi connectivity index (χ4n) is 3.49. The summed E-state index contributed by atoms with van der Waals surface area (Å²) in [4.78, 5) is 32.1. The van der Waals surface area contributed by atoms with Crippen LogP contribution >= 0.6 is 11.3 Å². The van der Waals surface area contributed by atoms with Crippen molar-refractivity contribution in [2.24, 2.45) is 5.41 Å². The SMILES string of the molecule is Cc1ncsc1-c1ccc(CNC(=O)[C@@H]2C[C@@H](O)CN2C(=O)[C@@H](O)C(C)(C)C)cc1. The van der Waals surface area contributed by atoms with Crippen LogP contribution in [0.3, 0.4) is 0 Å². The summed E-state index contributed by atoms with van der Waals surface area (Å²) in [6.45, 7) is 7.61. The smallest absolute Gasteiger partial charge is 0.252 e. The van der Waals surface area contributed by atoms with Gasteiger partial charge in [0.25, 0.3) is 5.91 Å². The zero-order valence-electron chi connectivity index (χ0n) is 17.8. The number of nitrogens with one attached hydrogen (secondary N) is 1. The highest BCUT2D eigenvalue weighted by Gasteiger charge is 2.43. The molecule has 2 amide bonds. The van der Waals surface area contributed by atoms with Crippen LogP contribution in [0.15, 0.2) is 29.8 Å². The van der Waals surface area contributed by atoms with E-state index >= 15 is 0 Å². The molecule has 1 fully saturated rings. The van der Waals surface area contributed by atoms with E-state index in [1.807, 2.05) is 36.7 Å². The van der Waals surface area contributed by atoms with Gasteiger partial charge in [-0.25, -0.2) is 4.98 Å². The molecule has 8 heteroatoms. The molecule has 1 aromatic carbocycles. The van der Waals surface area contributed by atoms with Gasteiger partial charge in [-0.2, -0.15) is 0 Å². The van der Waals surface area contributed by atoms with Crippen molar-refractivity contribution >= 4 is 23.2 Å². The Morgan fingerprint density at radius 3 is 2.53 bits per heavy atom. The van der Waals surface area contributed by atoms with E-state index in [4.69, 9.17) is 0 Å². The fraction of sp³-hybridized carbons (Fsp3) is 0.500. The van der Waals surface area contributed by atoms with E-state index in [0.29, 0.717) is 6.54 Å². The Morgan fingerprint density at radius 2 is 1.97 bits per heavy atom. The summed E-state index contributed by atoms with van der Waals surface area (Å²) in [7, 11) is 0. The Morgan fingerprint density at radius 1 is 1.30 bits per heavy atom. The number of carbonyl (C=O) groups excluding carboxylic acids is 2. The lowest BCUT2D eigenvalue weighted by Gasteiger charge is -2.31. The predicted molar refractivity (Wildman–Crippen MR) is 116 cm³/mol. The molecule has 0 radical (unpaired) electrons. The number of β-amino-alcohol motifs (C(OH)–C–C–N with tert-alkyl or cyclic N) is 1. The minimum absolute atomic E-state index is 0.0486. The number of carbonyl (C=O) groups is 2. The van der Waals surface area contributed by atoms with E-state index in [9.17, 15) is 19.8 Å². The summed E-state index contributed by atoms with van der Waals surface area (Å²) in [5.41, 5.74) is 4.17. The molecule has 30 heavy (non-hydrogen) atoms. The Bertz CT molecular complexity index is 904. The number of benzene rings is 1. The zero-order valence-corrected chi connectivity index (χ0v) is 18.6. The van der Waals surface area contributed by atoms with Crippen molar-refractivity contribution < 1.29 is 19.8 Å². The molecule has 3 rings (SSSR count). The minimum Gasteiger partial charge on any atom is -0.391 e. The van der Waals surface area contributed by atoms with Gasteiger partial charge in [0, 0.05) is 19.5 Å². The Labute approximate surface area is 180 Å². The number of thiazole rings is 1. The maximum atomic E-state index is 12.7. The number of aryl methyl sites for hydroxylation is 1. The van der Waals surface area contributed by atoms with Crippen LogP contribution < -0.4 is 5.32 Å². The van der Waals surface area contributed by atoms with Crippen molar-refractivity contribution in [2.45, 2.75) is 58.9 Å². The number of rotatable bonds is 5. The van der Waals surface area contributed by atoms with Crippen LogP contribution in [0, 0.1) is 12.3 Å². The summed E-state index contributed by atoms with van der Waals surface area (Å²) >= 11 is 1.59. The standard InChI is InChI=1S/C22H29N3O4S/c1-13-18(30-12-24-13)15-7-5-14(6-8-15)10-23-20(28)17-9-16(26)11-25(17)21(29)19(27)22(2,3)4/h5-8,12,16-17,19,26-27H,9-11H2,1-4H3,(H,23,28)/t16-,17+,19-/m1/s1. The van der Waals surface area contributed by atoms with Crippen LogP contribution in [0.2, 0.25) is 0 Å². The summed E-state index contributed by atoms with van der Waals surface area (Å²) in [5, 5.41) is 23.2. The highest BCUT2D eigenvalue weighted by atomic mass is 32.1. The first-order valence-corrected chi connectivity index (χ1v) is 10.9. The zero-order chi connectivity index (χ0) is 22.1. The Kier molecular flexibility index (Phi) is 6.59. The van der Waals surface area contributed by atoms with Crippen molar-refractivity contribution in [3.8, 4) is 10.4 Å². The van der Waals surface area contributed by atoms with Gasteiger partial charge in [0.15, 0.2) is 0 Å². The van der Waals surface area contributed by atoms with Crippen molar-refractivity contribution in [1.82, 2.24) is 15.2 Å². The van der Waals surface area contributed by atoms with Gasteiger partial charge in [-0.05, 0) is 23.5 Å². The molecule has 2 aromatic rings. The van der Waals surface area contributed by atoms with Crippen LogP contribution in [-0.2, 0) is 16.1 Å². The molecule has 162 valence electrons. The topological polar surface area (TPSA) is 103 Å². The van der Waals surface area contributed by atoms with Gasteiger partial charge in [-0.15, -0.1) is 11.3 Å². The molecule has 0 spiro atoms. The lowest BCUT2D eigenvalue weighted by Crippen LogP contribution is -2.51. The molecule has 0 bridgehead atoms. The maximum absolute atomic E-state index is 12.7. The number of aromatic nitrogens is 1. The maximum Gasteiger partial charge on any atom is 0.252 e. The largest absolute Gasteiger partial charge is 0.391 e. The molecule has 0 aliphatic carbocycles. The molecule has 0 saturated carbocycles. The summed E-state index contributed by atoms with van der Waals surface area (Å²) in [6.07, 6.45) is -1.85. The van der Waals surface area contributed by atoms with E-state index in [1.54, 1.807) is 32.1 Å². The van der Waals surface area contributed by atoms with Crippen molar-refractivity contribution in [3.63, 3.8) is 0 Å². The van der Waals surface area contributed by atoms with Crippen molar-refractivity contribution in [1.29, 1.82) is 0 Å². The minimum atomic E-state index is -1.24. The van der Waals surface area contributed by atoms with Crippen LogP contribution in [0.1, 0.15) is 38.4 Å². The summed E-state index contributed by atoms with van der Waals surface area (Å²) in [6, 6.07) is 7.10. The first-order chi connectivity index (χ1) is 14.1. The van der Waals surface area contributed by atoms with Crippen LogP contribution in [0.5, 0.6) is 0 Å². The quantitative estimate of drug-likeness (QED) is 0.673. The highest BCUT2D eigenvalue weighted by molar-refractivity contribution is 7.13. The first-order valence-electron chi connectivity index (χ1n) is 10.0. The van der Waals surface area contributed by atoms with E-state index in [-0.39, 0.29) is 18.9 Å². The molecular weight excluding hydrogens is 402 g/mol. The van der Waals surface area contributed by atoms with Crippen molar-refractivity contribution in [3.05, 3.63) is 41.0 Å². The van der Waals surface area contributed by atoms with E-state index in [1.165, 1.54) is 4.90 Å². The fourth-order valence-corrected chi connectivity index (χ4v) is 4.30. The van der Waals surface area contributed by atoms with E-state index in [0.717, 1.165) is 21.7 Å². The van der Waals surface area contributed by atoms with Gasteiger partial charge in [0.05, 0.1) is 22.2 Å². The monoisotopic (exact) mass is 431 g/mol.